The van der Waals surface area contributed by atoms with Crippen LogP contribution in [0.4, 0.5) is 11.6 Å². The smallest absolute Gasteiger partial charge is 0.227 e. The number of benzene rings is 2. The molecule has 1 heterocycles. The number of nitrogens with one attached hydrogen (secondary N) is 1. The molecule has 124 valence electrons. The summed E-state index contributed by atoms with van der Waals surface area (Å²) in [7, 11) is 0. The van der Waals surface area contributed by atoms with Gasteiger partial charge in [-0.05, 0) is 41.3 Å². The first-order chi connectivity index (χ1) is 12.0. The van der Waals surface area contributed by atoms with E-state index in [0.29, 0.717) is 11.5 Å². The lowest BCUT2D eigenvalue weighted by molar-refractivity contribution is 0.590. The minimum absolute atomic E-state index is 0.0815. The summed E-state index contributed by atoms with van der Waals surface area (Å²) in [6, 6.07) is 19.7. The molecule has 0 fully saturated rings. The van der Waals surface area contributed by atoms with Crippen molar-refractivity contribution >= 4 is 11.6 Å². The van der Waals surface area contributed by atoms with Crippen LogP contribution in [-0.4, -0.2) is 9.97 Å². The van der Waals surface area contributed by atoms with Gasteiger partial charge in [0.2, 0.25) is 5.95 Å². The Labute approximate surface area is 148 Å². The molecule has 0 saturated heterocycles. The highest BCUT2D eigenvalue weighted by molar-refractivity contribution is 5.63. The first-order valence-corrected chi connectivity index (χ1v) is 8.17. The van der Waals surface area contributed by atoms with Gasteiger partial charge in [0.15, 0.2) is 0 Å². The Balaban J connectivity index is 1.89. The van der Waals surface area contributed by atoms with Crippen molar-refractivity contribution in [3.8, 4) is 17.3 Å². The fourth-order valence-electron chi connectivity index (χ4n) is 2.52. The van der Waals surface area contributed by atoms with Crippen LogP contribution in [0.2, 0.25) is 0 Å². The van der Waals surface area contributed by atoms with Gasteiger partial charge in [-0.2, -0.15) is 5.26 Å². The summed E-state index contributed by atoms with van der Waals surface area (Å²) in [6.45, 7) is 6.56. The summed E-state index contributed by atoms with van der Waals surface area (Å²) in [5.74, 6) is 0.533. The molecule has 4 nitrogen and oxygen atoms in total. The number of aromatic nitrogens is 2. The van der Waals surface area contributed by atoms with Crippen LogP contribution in [0.1, 0.15) is 31.9 Å². The van der Waals surface area contributed by atoms with E-state index in [1.54, 1.807) is 12.3 Å². The second kappa shape index (κ2) is 6.74. The van der Waals surface area contributed by atoms with Gasteiger partial charge < -0.3 is 5.32 Å². The standard InChI is InChI=1S/C21H20N4/c1-21(2,3)17-8-5-9-18(13-17)24-20-23-11-10-19(25-20)16-7-4-6-15(12-16)14-22/h4-13H,1-3H3,(H,23,24,25). The van der Waals surface area contributed by atoms with Crippen molar-refractivity contribution < 1.29 is 0 Å². The maximum absolute atomic E-state index is 9.05. The molecule has 0 saturated carbocycles. The van der Waals surface area contributed by atoms with Crippen LogP contribution in [0.25, 0.3) is 11.3 Å². The largest absolute Gasteiger partial charge is 0.324 e. The van der Waals surface area contributed by atoms with Gasteiger partial charge in [0.25, 0.3) is 0 Å². The molecule has 3 rings (SSSR count). The van der Waals surface area contributed by atoms with Crippen LogP contribution < -0.4 is 5.32 Å². The van der Waals surface area contributed by atoms with Crippen LogP contribution in [0, 0.1) is 11.3 Å². The summed E-state index contributed by atoms with van der Waals surface area (Å²) in [5, 5.41) is 12.3. The van der Waals surface area contributed by atoms with Crippen molar-refractivity contribution in [1.29, 1.82) is 5.26 Å². The highest BCUT2D eigenvalue weighted by Gasteiger charge is 2.14. The second-order valence-electron chi connectivity index (χ2n) is 6.91. The van der Waals surface area contributed by atoms with E-state index in [1.165, 1.54) is 5.56 Å². The van der Waals surface area contributed by atoms with Gasteiger partial charge >= 0.3 is 0 Å². The number of nitriles is 1. The number of anilines is 2. The van der Waals surface area contributed by atoms with E-state index in [9.17, 15) is 0 Å². The van der Waals surface area contributed by atoms with Crippen LogP contribution in [0.3, 0.4) is 0 Å². The van der Waals surface area contributed by atoms with Crippen molar-refractivity contribution in [1.82, 2.24) is 9.97 Å². The van der Waals surface area contributed by atoms with E-state index in [2.05, 4.69) is 54.3 Å². The van der Waals surface area contributed by atoms with E-state index >= 15 is 0 Å². The summed E-state index contributed by atoms with van der Waals surface area (Å²) >= 11 is 0. The minimum Gasteiger partial charge on any atom is -0.324 e. The molecule has 4 heteroatoms. The molecule has 2 aromatic carbocycles. The highest BCUT2D eigenvalue weighted by Crippen LogP contribution is 2.26. The maximum atomic E-state index is 9.05. The Morgan fingerprint density at radius 1 is 1.00 bits per heavy atom. The van der Waals surface area contributed by atoms with E-state index < -0.39 is 0 Å². The van der Waals surface area contributed by atoms with Gasteiger partial charge in [-0.3, -0.25) is 0 Å². The average molecular weight is 328 g/mol. The zero-order valence-corrected chi connectivity index (χ0v) is 14.6. The predicted octanol–water partition coefficient (Wildman–Crippen LogP) is 5.06. The molecular formula is C21H20N4. The van der Waals surface area contributed by atoms with E-state index in [1.807, 2.05) is 36.4 Å². The zero-order valence-electron chi connectivity index (χ0n) is 14.6. The van der Waals surface area contributed by atoms with E-state index in [4.69, 9.17) is 5.26 Å². The predicted molar refractivity (Wildman–Crippen MR) is 101 cm³/mol. The van der Waals surface area contributed by atoms with Gasteiger partial charge in [-0.25, -0.2) is 9.97 Å². The van der Waals surface area contributed by atoms with Gasteiger partial charge in [0.1, 0.15) is 0 Å². The molecule has 0 atom stereocenters. The summed E-state index contributed by atoms with van der Waals surface area (Å²) in [6.07, 6.45) is 1.72. The van der Waals surface area contributed by atoms with Crippen LogP contribution >= 0.6 is 0 Å². The molecule has 0 radical (unpaired) electrons. The SMILES string of the molecule is CC(C)(C)c1cccc(Nc2nccc(-c3cccc(C#N)c3)n2)c1. The quantitative estimate of drug-likeness (QED) is 0.730. The van der Waals surface area contributed by atoms with Crippen LogP contribution in [0.15, 0.2) is 60.8 Å². The summed E-state index contributed by atoms with van der Waals surface area (Å²) in [4.78, 5) is 8.88. The number of nitrogens with zero attached hydrogens (tertiary/aromatic N) is 3. The van der Waals surface area contributed by atoms with Gasteiger partial charge in [0.05, 0.1) is 17.3 Å². The molecule has 3 aromatic rings. The Bertz CT molecular complexity index is 933. The van der Waals surface area contributed by atoms with Gasteiger partial charge in [0, 0.05) is 17.4 Å². The first kappa shape index (κ1) is 16.7. The highest BCUT2D eigenvalue weighted by atomic mass is 15.1. The van der Waals surface area contributed by atoms with Crippen LogP contribution in [0.5, 0.6) is 0 Å². The Morgan fingerprint density at radius 2 is 1.80 bits per heavy atom. The van der Waals surface area contributed by atoms with Gasteiger partial charge in [-0.15, -0.1) is 0 Å². The van der Waals surface area contributed by atoms with Crippen molar-refractivity contribution in [3.63, 3.8) is 0 Å². The van der Waals surface area contributed by atoms with Crippen molar-refractivity contribution in [2.24, 2.45) is 0 Å². The fraction of sp³-hybridized carbons (Fsp3) is 0.190. The lowest BCUT2D eigenvalue weighted by atomic mass is 9.87. The monoisotopic (exact) mass is 328 g/mol. The minimum atomic E-state index is 0.0815. The maximum Gasteiger partial charge on any atom is 0.227 e. The molecule has 25 heavy (non-hydrogen) atoms. The Morgan fingerprint density at radius 3 is 2.56 bits per heavy atom. The lowest BCUT2D eigenvalue weighted by Gasteiger charge is -2.19. The molecule has 1 N–H and O–H groups in total. The number of hydrogen-bond acceptors (Lipinski definition) is 4. The topological polar surface area (TPSA) is 61.6 Å². The number of rotatable bonds is 3. The van der Waals surface area contributed by atoms with Crippen molar-refractivity contribution in [2.45, 2.75) is 26.2 Å². The third-order valence-electron chi connectivity index (χ3n) is 3.93. The van der Waals surface area contributed by atoms with Gasteiger partial charge in [-0.1, -0.05) is 45.0 Å². The van der Waals surface area contributed by atoms with Crippen molar-refractivity contribution in [3.05, 3.63) is 71.9 Å². The molecule has 0 aliphatic rings. The normalized spacial score (nSPS) is 11.0. The van der Waals surface area contributed by atoms with E-state index in [0.717, 1.165) is 16.9 Å². The van der Waals surface area contributed by atoms with Crippen molar-refractivity contribution in [2.75, 3.05) is 5.32 Å². The fourth-order valence-corrected chi connectivity index (χ4v) is 2.52. The molecule has 0 aliphatic heterocycles. The number of hydrogen-bond donors (Lipinski definition) is 1. The second-order valence-corrected chi connectivity index (χ2v) is 6.91. The third kappa shape index (κ3) is 4.02. The third-order valence-corrected chi connectivity index (χ3v) is 3.93. The zero-order chi connectivity index (χ0) is 17.9. The molecule has 0 bridgehead atoms. The molecular weight excluding hydrogens is 308 g/mol. The Hall–Kier alpha value is -3.19. The molecule has 0 aliphatic carbocycles. The summed E-state index contributed by atoms with van der Waals surface area (Å²) in [5.41, 5.74) is 4.57. The first-order valence-electron chi connectivity index (χ1n) is 8.17. The molecule has 0 amide bonds. The lowest BCUT2D eigenvalue weighted by Crippen LogP contribution is -2.11. The average Bonchev–Trinajstić information content (AvgIpc) is 2.61. The molecule has 0 spiro atoms. The Kier molecular flexibility index (Phi) is 4.49. The molecule has 1 aromatic heterocycles. The summed E-state index contributed by atoms with van der Waals surface area (Å²) < 4.78 is 0. The van der Waals surface area contributed by atoms with E-state index in [-0.39, 0.29) is 5.41 Å². The van der Waals surface area contributed by atoms with Crippen LogP contribution in [-0.2, 0) is 5.41 Å². The molecule has 0 unspecified atom stereocenters.